The zero-order chi connectivity index (χ0) is 12.2. The molecule has 0 atom stereocenters. The van der Waals surface area contributed by atoms with Gasteiger partial charge in [-0.3, -0.25) is 0 Å². The van der Waals surface area contributed by atoms with Gasteiger partial charge in [0.15, 0.2) is 0 Å². The number of urea groups is 1. The van der Waals surface area contributed by atoms with Gasteiger partial charge in [0.05, 0.1) is 4.90 Å². The minimum atomic E-state index is -3.76. The molecule has 0 bridgehead atoms. The van der Waals surface area contributed by atoms with E-state index >= 15 is 0 Å². The first kappa shape index (κ1) is 12.5. The monoisotopic (exact) mass is 242 g/mol. The molecule has 0 radical (unpaired) electrons. The lowest BCUT2D eigenvalue weighted by Crippen LogP contribution is -2.39. The Bertz CT molecular complexity index is 465. The topological polar surface area (TPSA) is 75.3 Å². The number of benzene rings is 1. The Morgan fingerprint density at radius 1 is 1.25 bits per heavy atom. The number of carbonyl (C=O) groups is 1. The highest BCUT2D eigenvalue weighted by molar-refractivity contribution is 7.90. The van der Waals surface area contributed by atoms with Gasteiger partial charge in [0.1, 0.15) is 0 Å². The van der Waals surface area contributed by atoms with E-state index in [0.717, 1.165) is 5.56 Å². The van der Waals surface area contributed by atoms with Gasteiger partial charge >= 0.3 is 6.03 Å². The van der Waals surface area contributed by atoms with Gasteiger partial charge < -0.3 is 5.32 Å². The fourth-order valence-corrected chi connectivity index (χ4v) is 2.02. The Morgan fingerprint density at radius 2 is 1.81 bits per heavy atom. The maximum Gasteiger partial charge on any atom is 0.328 e. The molecule has 2 N–H and O–H groups in total. The van der Waals surface area contributed by atoms with Crippen molar-refractivity contribution in [3.63, 3.8) is 0 Å². The SMILES string of the molecule is CCNC(=O)NS(=O)(=O)c1ccc(C)cc1. The molecule has 1 aromatic rings. The first-order chi connectivity index (χ1) is 7.45. The van der Waals surface area contributed by atoms with Gasteiger partial charge in [0, 0.05) is 6.54 Å². The van der Waals surface area contributed by atoms with Gasteiger partial charge in [-0.25, -0.2) is 17.9 Å². The maximum atomic E-state index is 11.7. The van der Waals surface area contributed by atoms with Crippen LogP contribution in [0, 0.1) is 6.92 Å². The van der Waals surface area contributed by atoms with Crippen LogP contribution in [-0.4, -0.2) is 21.0 Å². The second-order valence-electron chi connectivity index (χ2n) is 3.28. The second kappa shape index (κ2) is 4.98. The summed E-state index contributed by atoms with van der Waals surface area (Å²) in [6.45, 7) is 3.93. The van der Waals surface area contributed by atoms with Crippen molar-refractivity contribution in [2.75, 3.05) is 6.54 Å². The molecule has 6 heteroatoms. The Morgan fingerprint density at radius 3 is 2.31 bits per heavy atom. The van der Waals surface area contributed by atoms with Gasteiger partial charge in [-0.1, -0.05) is 17.7 Å². The Labute approximate surface area is 94.9 Å². The number of amides is 2. The van der Waals surface area contributed by atoms with Gasteiger partial charge in [0.25, 0.3) is 10.0 Å². The summed E-state index contributed by atoms with van der Waals surface area (Å²) in [7, 11) is -3.76. The summed E-state index contributed by atoms with van der Waals surface area (Å²) in [4.78, 5) is 11.2. The van der Waals surface area contributed by atoms with Crippen LogP contribution in [0.25, 0.3) is 0 Å². The van der Waals surface area contributed by atoms with Crippen molar-refractivity contribution in [2.45, 2.75) is 18.7 Å². The number of hydrogen-bond acceptors (Lipinski definition) is 3. The molecule has 1 aromatic carbocycles. The third-order valence-electron chi connectivity index (χ3n) is 1.90. The van der Waals surface area contributed by atoms with Crippen LogP contribution in [0.1, 0.15) is 12.5 Å². The number of aryl methyl sites for hydroxylation is 1. The average Bonchev–Trinajstić information content (AvgIpc) is 2.17. The third kappa shape index (κ3) is 3.23. The first-order valence-corrected chi connectivity index (χ1v) is 6.31. The molecule has 0 spiro atoms. The molecular weight excluding hydrogens is 228 g/mol. The van der Waals surface area contributed by atoms with E-state index in [-0.39, 0.29) is 4.90 Å². The molecule has 0 aliphatic heterocycles. The Hall–Kier alpha value is -1.56. The van der Waals surface area contributed by atoms with E-state index < -0.39 is 16.1 Å². The van der Waals surface area contributed by atoms with Crippen LogP contribution in [0.3, 0.4) is 0 Å². The van der Waals surface area contributed by atoms with Crippen LogP contribution in [0.15, 0.2) is 29.2 Å². The highest BCUT2D eigenvalue weighted by Gasteiger charge is 2.16. The molecule has 88 valence electrons. The predicted octanol–water partition coefficient (Wildman–Crippen LogP) is 1.00. The van der Waals surface area contributed by atoms with Gasteiger partial charge in [0.2, 0.25) is 0 Å². The molecule has 0 aliphatic carbocycles. The van der Waals surface area contributed by atoms with E-state index in [1.54, 1.807) is 19.1 Å². The molecule has 2 amide bonds. The van der Waals surface area contributed by atoms with E-state index in [2.05, 4.69) is 5.32 Å². The largest absolute Gasteiger partial charge is 0.338 e. The lowest BCUT2D eigenvalue weighted by atomic mass is 10.2. The average molecular weight is 242 g/mol. The van der Waals surface area contributed by atoms with Crippen molar-refractivity contribution in [2.24, 2.45) is 0 Å². The third-order valence-corrected chi connectivity index (χ3v) is 3.24. The van der Waals surface area contributed by atoms with Crippen LogP contribution in [0.2, 0.25) is 0 Å². The van der Waals surface area contributed by atoms with Gasteiger partial charge in [-0.2, -0.15) is 0 Å². The van der Waals surface area contributed by atoms with Crippen LogP contribution >= 0.6 is 0 Å². The van der Waals surface area contributed by atoms with Crippen molar-refractivity contribution >= 4 is 16.1 Å². The quantitative estimate of drug-likeness (QED) is 0.830. The van der Waals surface area contributed by atoms with Crippen molar-refractivity contribution in [1.82, 2.24) is 10.0 Å². The molecule has 0 aromatic heterocycles. The molecule has 1 rings (SSSR count). The zero-order valence-electron chi connectivity index (χ0n) is 9.15. The summed E-state index contributed by atoms with van der Waals surface area (Å²) in [5.41, 5.74) is 0.956. The van der Waals surface area contributed by atoms with Crippen molar-refractivity contribution in [3.8, 4) is 0 Å². The molecule has 5 nitrogen and oxygen atoms in total. The Balaban J connectivity index is 2.86. The summed E-state index contributed by atoms with van der Waals surface area (Å²) < 4.78 is 25.2. The predicted molar refractivity (Wildman–Crippen MR) is 60.6 cm³/mol. The lowest BCUT2D eigenvalue weighted by Gasteiger charge is -2.07. The van der Waals surface area contributed by atoms with Gasteiger partial charge in [-0.05, 0) is 26.0 Å². The molecule has 0 heterocycles. The summed E-state index contributed by atoms with van der Waals surface area (Å²) in [5.74, 6) is 0. The highest BCUT2D eigenvalue weighted by atomic mass is 32.2. The number of rotatable bonds is 3. The van der Waals surface area contributed by atoms with Crippen LogP contribution in [-0.2, 0) is 10.0 Å². The smallest absolute Gasteiger partial charge is 0.328 e. The van der Waals surface area contributed by atoms with Crippen molar-refractivity contribution < 1.29 is 13.2 Å². The normalized spacial score (nSPS) is 10.9. The minimum Gasteiger partial charge on any atom is -0.338 e. The minimum absolute atomic E-state index is 0.0735. The number of hydrogen-bond donors (Lipinski definition) is 2. The highest BCUT2D eigenvalue weighted by Crippen LogP contribution is 2.09. The summed E-state index contributed by atoms with van der Waals surface area (Å²) in [5, 5.41) is 2.35. The van der Waals surface area contributed by atoms with E-state index in [1.807, 2.05) is 11.6 Å². The van der Waals surface area contributed by atoms with E-state index in [1.165, 1.54) is 12.1 Å². The second-order valence-corrected chi connectivity index (χ2v) is 4.96. The van der Waals surface area contributed by atoms with Crippen molar-refractivity contribution in [1.29, 1.82) is 0 Å². The molecule has 0 saturated carbocycles. The van der Waals surface area contributed by atoms with Gasteiger partial charge in [-0.15, -0.1) is 0 Å². The van der Waals surface area contributed by atoms with Crippen LogP contribution in [0.5, 0.6) is 0 Å². The molecule has 0 unspecified atom stereocenters. The summed E-state index contributed by atoms with van der Waals surface area (Å²) in [6, 6.07) is 5.54. The summed E-state index contributed by atoms with van der Waals surface area (Å²) >= 11 is 0. The molecule has 0 aliphatic rings. The van der Waals surface area contributed by atoms with E-state index in [4.69, 9.17) is 0 Å². The lowest BCUT2D eigenvalue weighted by molar-refractivity contribution is 0.246. The number of nitrogens with one attached hydrogen (secondary N) is 2. The summed E-state index contributed by atoms with van der Waals surface area (Å²) in [6.07, 6.45) is 0. The number of carbonyl (C=O) groups excluding carboxylic acids is 1. The maximum absolute atomic E-state index is 11.7. The number of sulfonamides is 1. The molecule has 0 saturated heterocycles. The fraction of sp³-hybridized carbons (Fsp3) is 0.300. The Kier molecular flexibility index (Phi) is 3.89. The van der Waals surface area contributed by atoms with Crippen LogP contribution in [0.4, 0.5) is 4.79 Å². The van der Waals surface area contributed by atoms with Crippen LogP contribution < -0.4 is 10.0 Å². The molecular formula is C10H14N2O3S. The van der Waals surface area contributed by atoms with E-state index in [9.17, 15) is 13.2 Å². The van der Waals surface area contributed by atoms with Crippen molar-refractivity contribution in [3.05, 3.63) is 29.8 Å². The molecule has 0 fully saturated rings. The molecule has 16 heavy (non-hydrogen) atoms. The van der Waals surface area contributed by atoms with E-state index in [0.29, 0.717) is 6.54 Å². The zero-order valence-corrected chi connectivity index (χ0v) is 9.97. The fourth-order valence-electron chi connectivity index (χ4n) is 1.10. The standard InChI is InChI=1S/C10H14N2O3S/c1-3-11-10(13)12-16(14,15)9-6-4-8(2)5-7-9/h4-7H,3H2,1-2H3,(H2,11,12,13). The first-order valence-electron chi connectivity index (χ1n) is 4.83.